The molecule has 0 aromatic heterocycles. The summed E-state index contributed by atoms with van der Waals surface area (Å²) in [4.78, 5) is 15.5. The van der Waals surface area contributed by atoms with Crippen molar-refractivity contribution in [1.82, 2.24) is 0 Å². The van der Waals surface area contributed by atoms with Gasteiger partial charge in [0, 0.05) is 17.1 Å². The van der Waals surface area contributed by atoms with Crippen LogP contribution in [0.1, 0.15) is 13.3 Å². The lowest BCUT2D eigenvalue weighted by Gasteiger charge is -2.29. The second-order valence-corrected chi connectivity index (χ2v) is 9.43. The summed E-state index contributed by atoms with van der Waals surface area (Å²) in [5.41, 5.74) is 1.32. The highest BCUT2D eigenvalue weighted by atomic mass is 32.2. The normalized spacial score (nSPS) is 14.9. The summed E-state index contributed by atoms with van der Waals surface area (Å²) in [7, 11) is -3.77. The highest BCUT2D eigenvalue weighted by Crippen LogP contribution is 2.34. The van der Waals surface area contributed by atoms with Gasteiger partial charge in [0.2, 0.25) is 5.91 Å². The zero-order valence-corrected chi connectivity index (χ0v) is 18.0. The zero-order chi connectivity index (χ0) is 20.1. The number of benzene rings is 2. The van der Waals surface area contributed by atoms with Crippen molar-refractivity contribution in [2.24, 2.45) is 4.40 Å². The van der Waals surface area contributed by atoms with Crippen molar-refractivity contribution < 1.29 is 13.2 Å². The average Bonchev–Trinajstić information content (AvgIpc) is 2.69. The van der Waals surface area contributed by atoms with Crippen LogP contribution in [0.5, 0.6) is 0 Å². The Morgan fingerprint density at radius 3 is 2.71 bits per heavy atom. The van der Waals surface area contributed by atoms with E-state index in [0.29, 0.717) is 23.1 Å². The van der Waals surface area contributed by atoms with Crippen molar-refractivity contribution in [1.29, 1.82) is 0 Å². The first kappa shape index (κ1) is 20.8. The molecule has 1 N–H and O–H groups in total. The summed E-state index contributed by atoms with van der Waals surface area (Å²) < 4.78 is 29.0. The molecule has 1 heterocycles. The quantitative estimate of drug-likeness (QED) is 0.690. The molecule has 1 aliphatic heterocycles. The van der Waals surface area contributed by atoms with Crippen molar-refractivity contribution in [2.75, 3.05) is 28.8 Å². The van der Waals surface area contributed by atoms with Crippen molar-refractivity contribution in [3.05, 3.63) is 48.5 Å². The second-order valence-electron chi connectivity index (χ2n) is 6.04. The van der Waals surface area contributed by atoms with Gasteiger partial charge in [0.1, 0.15) is 4.90 Å². The van der Waals surface area contributed by atoms with Crippen molar-refractivity contribution in [3.8, 4) is 0 Å². The maximum absolute atomic E-state index is 12.5. The summed E-state index contributed by atoms with van der Waals surface area (Å²) in [6.07, 6.45) is 2.79. The molecule has 1 amide bonds. The highest BCUT2D eigenvalue weighted by Gasteiger charge is 2.30. The first-order valence-electron chi connectivity index (χ1n) is 8.73. The number of rotatable bonds is 6. The van der Waals surface area contributed by atoms with Crippen LogP contribution in [0.25, 0.3) is 0 Å². The Hall–Kier alpha value is -1.97. The topological polar surface area (TPSA) is 78.8 Å². The lowest BCUT2D eigenvalue weighted by atomic mass is 10.3. The molecular formula is C19H21N3O3S3. The van der Waals surface area contributed by atoms with Gasteiger partial charge in [0.25, 0.3) is 10.0 Å². The zero-order valence-electron chi connectivity index (χ0n) is 15.6. The van der Waals surface area contributed by atoms with Gasteiger partial charge in [-0.3, -0.25) is 4.79 Å². The molecule has 0 aliphatic carbocycles. The van der Waals surface area contributed by atoms with E-state index in [4.69, 9.17) is 0 Å². The number of fused-ring (bicyclic) bond motifs is 1. The number of para-hydroxylation sites is 1. The summed E-state index contributed by atoms with van der Waals surface area (Å²) in [6, 6.07) is 14.4. The van der Waals surface area contributed by atoms with E-state index in [1.54, 1.807) is 36.0 Å². The maximum Gasteiger partial charge on any atom is 0.286 e. The molecular weight excluding hydrogens is 414 g/mol. The van der Waals surface area contributed by atoms with E-state index in [1.807, 2.05) is 42.3 Å². The number of thioether (sulfide) groups is 2. The molecule has 2 aromatic rings. The minimum absolute atomic E-state index is 0.0697. The average molecular weight is 436 g/mol. The molecule has 0 bridgehead atoms. The minimum atomic E-state index is -3.77. The number of amides is 1. The summed E-state index contributed by atoms with van der Waals surface area (Å²) in [5, 5.41) is 3.17. The highest BCUT2D eigenvalue weighted by molar-refractivity contribution is 8.15. The molecule has 0 radical (unpaired) electrons. The van der Waals surface area contributed by atoms with E-state index in [0.717, 1.165) is 23.1 Å². The Morgan fingerprint density at radius 2 is 1.96 bits per heavy atom. The summed E-state index contributed by atoms with van der Waals surface area (Å²) in [5.74, 6) is -0.140. The molecule has 6 nitrogen and oxygen atoms in total. The molecule has 148 valence electrons. The number of nitrogens with zero attached hydrogens (tertiary/aromatic N) is 2. The van der Waals surface area contributed by atoms with Gasteiger partial charge in [-0.2, -0.15) is 8.42 Å². The fourth-order valence-electron chi connectivity index (χ4n) is 2.77. The fraction of sp³-hybridized carbons (Fsp3) is 0.263. The van der Waals surface area contributed by atoms with E-state index in [9.17, 15) is 13.2 Å². The van der Waals surface area contributed by atoms with Crippen LogP contribution in [0.3, 0.4) is 0 Å². The van der Waals surface area contributed by atoms with Crippen molar-refractivity contribution in [2.45, 2.75) is 23.1 Å². The van der Waals surface area contributed by atoms with Crippen LogP contribution < -0.4 is 10.2 Å². The third-order valence-electron chi connectivity index (χ3n) is 4.00. The largest absolute Gasteiger partial charge is 0.325 e. The molecule has 1 aliphatic rings. The van der Waals surface area contributed by atoms with Crippen molar-refractivity contribution >= 4 is 56.0 Å². The molecule has 28 heavy (non-hydrogen) atoms. The molecule has 0 unspecified atom stereocenters. The first-order chi connectivity index (χ1) is 13.4. The number of hydrogen-bond donors (Lipinski definition) is 1. The Kier molecular flexibility index (Phi) is 6.69. The minimum Gasteiger partial charge on any atom is -0.325 e. The van der Waals surface area contributed by atoms with Gasteiger partial charge in [-0.15, -0.1) is 16.2 Å². The van der Waals surface area contributed by atoms with E-state index < -0.39 is 10.0 Å². The van der Waals surface area contributed by atoms with Gasteiger partial charge in [0.05, 0.1) is 11.4 Å². The predicted molar refractivity (Wildman–Crippen MR) is 118 cm³/mol. The van der Waals surface area contributed by atoms with Crippen LogP contribution in [0, 0.1) is 0 Å². The molecule has 0 saturated heterocycles. The molecule has 0 atom stereocenters. The van der Waals surface area contributed by atoms with Crippen LogP contribution in [0.2, 0.25) is 0 Å². The van der Waals surface area contributed by atoms with Crippen LogP contribution in [0.4, 0.5) is 11.4 Å². The number of anilines is 2. The molecule has 2 aromatic carbocycles. The standard InChI is InChI=1S/C19H21N3O3S3/c1-3-11-22-16-9-4-5-10-17(16)28(24,25)21-19(22)27-13-18(23)20-14-7-6-8-15(12-14)26-2/h4-10,12H,3,11,13H2,1-2H3,(H,20,23). The lowest BCUT2D eigenvalue weighted by molar-refractivity contribution is -0.113. The third kappa shape index (κ3) is 4.71. The van der Waals surface area contributed by atoms with Gasteiger partial charge in [-0.05, 0) is 43.0 Å². The second kappa shape index (κ2) is 9.02. The number of nitrogens with one attached hydrogen (secondary N) is 1. The Bertz CT molecular complexity index is 1010. The Morgan fingerprint density at radius 1 is 1.18 bits per heavy atom. The number of hydrogen-bond acceptors (Lipinski definition) is 6. The molecule has 0 saturated carbocycles. The van der Waals surface area contributed by atoms with Crippen LogP contribution >= 0.6 is 23.5 Å². The van der Waals surface area contributed by atoms with Gasteiger partial charge in [-0.25, -0.2) is 0 Å². The SMILES string of the molecule is CCCN1C(SCC(=O)Nc2cccc(SC)c2)=NS(=O)(=O)c2ccccc21. The predicted octanol–water partition coefficient (Wildman–Crippen LogP) is 4.06. The van der Waals surface area contributed by atoms with E-state index in [-0.39, 0.29) is 16.6 Å². The third-order valence-corrected chi connectivity index (χ3v) is 7.13. The molecule has 9 heteroatoms. The molecule has 0 fully saturated rings. The number of carbonyl (C=O) groups is 1. The van der Waals surface area contributed by atoms with Crippen molar-refractivity contribution in [3.63, 3.8) is 0 Å². The summed E-state index contributed by atoms with van der Waals surface area (Å²) in [6.45, 7) is 2.63. The van der Waals surface area contributed by atoms with Gasteiger partial charge in [0.15, 0.2) is 5.17 Å². The van der Waals surface area contributed by atoms with E-state index in [1.165, 1.54) is 0 Å². The number of sulfonamides is 1. The number of carbonyl (C=O) groups excluding carboxylic acids is 1. The van der Waals surface area contributed by atoms with Crippen LogP contribution in [-0.4, -0.2) is 38.0 Å². The number of amidine groups is 1. The fourth-order valence-corrected chi connectivity index (χ4v) is 5.51. The van der Waals surface area contributed by atoms with Crippen LogP contribution in [-0.2, 0) is 14.8 Å². The van der Waals surface area contributed by atoms with Gasteiger partial charge in [-0.1, -0.05) is 36.9 Å². The molecule has 0 spiro atoms. The monoisotopic (exact) mass is 435 g/mol. The Labute approximate surface area is 173 Å². The summed E-state index contributed by atoms with van der Waals surface area (Å²) >= 11 is 2.72. The Balaban J connectivity index is 1.75. The maximum atomic E-state index is 12.5. The van der Waals surface area contributed by atoms with E-state index in [2.05, 4.69) is 9.71 Å². The van der Waals surface area contributed by atoms with Gasteiger partial charge < -0.3 is 10.2 Å². The lowest BCUT2D eigenvalue weighted by Crippen LogP contribution is -2.35. The van der Waals surface area contributed by atoms with E-state index >= 15 is 0 Å². The smallest absolute Gasteiger partial charge is 0.286 e. The van der Waals surface area contributed by atoms with Gasteiger partial charge >= 0.3 is 0 Å². The van der Waals surface area contributed by atoms with Crippen LogP contribution in [0.15, 0.2) is 62.7 Å². The first-order valence-corrected chi connectivity index (χ1v) is 12.4. The molecule has 3 rings (SSSR count).